The van der Waals surface area contributed by atoms with Crippen LogP contribution >= 0.6 is 23.4 Å². The molecule has 0 unspecified atom stereocenters. The van der Waals surface area contributed by atoms with E-state index < -0.39 is 17.5 Å². The molecule has 1 aromatic heterocycles. The summed E-state index contributed by atoms with van der Waals surface area (Å²) in [4.78, 5) is 12.5. The van der Waals surface area contributed by atoms with E-state index in [0.717, 1.165) is 23.9 Å². The number of nitriles is 1. The summed E-state index contributed by atoms with van der Waals surface area (Å²) in [6, 6.07) is 18.7. The average Bonchev–Trinajstić information content (AvgIpc) is 3.22. The van der Waals surface area contributed by atoms with Gasteiger partial charge in [-0.1, -0.05) is 53.7 Å². The predicted molar refractivity (Wildman–Crippen MR) is 122 cm³/mol. The summed E-state index contributed by atoms with van der Waals surface area (Å²) in [5.41, 5.74) is 1.26. The number of rotatable bonds is 6. The zero-order valence-electron chi connectivity index (χ0n) is 16.8. The van der Waals surface area contributed by atoms with Gasteiger partial charge in [-0.05, 0) is 30.3 Å². The Bertz CT molecular complexity index is 1370. The molecule has 0 fully saturated rings. The van der Waals surface area contributed by atoms with E-state index >= 15 is 0 Å². The van der Waals surface area contributed by atoms with Gasteiger partial charge in [-0.25, -0.2) is 8.78 Å². The Balaban J connectivity index is 1.63. The fourth-order valence-corrected chi connectivity index (χ4v) is 3.97. The van der Waals surface area contributed by atoms with E-state index in [2.05, 4.69) is 15.5 Å². The van der Waals surface area contributed by atoms with Gasteiger partial charge in [0.2, 0.25) is 5.91 Å². The highest BCUT2D eigenvalue weighted by atomic mass is 35.5. The Morgan fingerprint density at radius 3 is 2.61 bits per heavy atom. The molecule has 0 saturated heterocycles. The zero-order valence-corrected chi connectivity index (χ0v) is 18.4. The van der Waals surface area contributed by atoms with Crippen LogP contribution in [0.15, 0.2) is 71.9 Å². The molecular formula is C23H14ClF2N5OS. The second-order valence-electron chi connectivity index (χ2n) is 6.74. The van der Waals surface area contributed by atoms with Crippen molar-refractivity contribution in [2.75, 3.05) is 11.1 Å². The third kappa shape index (κ3) is 5.03. The van der Waals surface area contributed by atoms with Gasteiger partial charge in [-0.15, -0.1) is 10.2 Å². The number of aromatic nitrogens is 3. The van der Waals surface area contributed by atoms with Crippen LogP contribution in [0, 0.1) is 23.0 Å². The van der Waals surface area contributed by atoms with Gasteiger partial charge in [0, 0.05) is 16.7 Å². The van der Waals surface area contributed by atoms with Crippen LogP contribution in [0.1, 0.15) is 5.56 Å². The highest BCUT2D eigenvalue weighted by Crippen LogP contribution is 2.30. The first-order chi connectivity index (χ1) is 16.0. The summed E-state index contributed by atoms with van der Waals surface area (Å²) < 4.78 is 29.6. The molecule has 6 nitrogen and oxygen atoms in total. The number of nitrogens with one attached hydrogen (secondary N) is 1. The van der Waals surface area contributed by atoms with Crippen molar-refractivity contribution in [3.05, 3.63) is 89.0 Å². The van der Waals surface area contributed by atoms with Crippen LogP contribution in [0.5, 0.6) is 0 Å². The van der Waals surface area contributed by atoms with Crippen LogP contribution < -0.4 is 5.32 Å². The molecule has 0 spiro atoms. The lowest BCUT2D eigenvalue weighted by Crippen LogP contribution is -2.15. The van der Waals surface area contributed by atoms with E-state index in [1.807, 2.05) is 12.1 Å². The topological polar surface area (TPSA) is 83.6 Å². The number of amides is 1. The van der Waals surface area contributed by atoms with Gasteiger partial charge in [0.15, 0.2) is 11.0 Å². The van der Waals surface area contributed by atoms with Gasteiger partial charge in [-0.3, -0.25) is 9.36 Å². The van der Waals surface area contributed by atoms with Crippen molar-refractivity contribution >= 4 is 35.0 Å². The molecule has 4 rings (SSSR count). The summed E-state index contributed by atoms with van der Waals surface area (Å²) in [5, 5.41) is 20.8. The van der Waals surface area contributed by atoms with Gasteiger partial charge in [0.05, 0.1) is 22.7 Å². The minimum absolute atomic E-state index is 0.0461. The molecule has 0 aliphatic carbocycles. The van der Waals surface area contributed by atoms with Crippen LogP contribution in [0.2, 0.25) is 5.02 Å². The first-order valence-electron chi connectivity index (χ1n) is 9.55. The first-order valence-corrected chi connectivity index (χ1v) is 10.9. The molecule has 4 aromatic rings. The highest BCUT2D eigenvalue weighted by molar-refractivity contribution is 7.99. The molecule has 0 bridgehead atoms. The normalized spacial score (nSPS) is 10.6. The van der Waals surface area contributed by atoms with Crippen molar-refractivity contribution in [3.8, 4) is 23.1 Å². The van der Waals surface area contributed by atoms with Crippen LogP contribution in [0.3, 0.4) is 0 Å². The lowest BCUT2D eigenvalue weighted by molar-refractivity contribution is -0.113. The molecule has 0 aliphatic rings. The van der Waals surface area contributed by atoms with Gasteiger partial charge >= 0.3 is 0 Å². The molecule has 10 heteroatoms. The van der Waals surface area contributed by atoms with Gasteiger partial charge in [0.25, 0.3) is 0 Å². The number of halogens is 3. The van der Waals surface area contributed by atoms with E-state index in [9.17, 15) is 18.8 Å². The average molecular weight is 482 g/mol. The Morgan fingerprint density at radius 1 is 1.09 bits per heavy atom. The second kappa shape index (κ2) is 9.81. The van der Waals surface area contributed by atoms with E-state index in [-0.39, 0.29) is 27.8 Å². The molecule has 1 heterocycles. The first kappa shape index (κ1) is 22.5. The van der Waals surface area contributed by atoms with Crippen molar-refractivity contribution in [3.63, 3.8) is 0 Å². The summed E-state index contributed by atoms with van der Waals surface area (Å²) in [7, 11) is 0. The summed E-state index contributed by atoms with van der Waals surface area (Å²) >= 11 is 6.97. The summed E-state index contributed by atoms with van der Waals surface area (Å²) in [5.74, 6) is -1.70. The largest absolute Gasteiger partial charge is 0.324 e. The van der Waals surface area contributed by atoms with E-state index in [1.54, 1.807) is 30.3 Å². The number of nitrogens with zero attached hydrogens (tertiary/aromatic N) is 4. The predicted octanol–water partition coefficient (Wildman–Crippen LogP) is 5.47. The van der Waals surface area contributed by atoms with E-state index in [4.69, 9.17) is 11.6 Å². The highest BCUT2D eigenvalue weighted by Gasteiger charge is 2.20. The molecule has 3 aromatic carbocycles. The third-order valence-corrected chi connectivity index (χ3v) is 5.69. The quantitative estimate of drug-likeness (QED) is 0.369. The SMILES string of the molecule is N#Cc1ccc(Cl)cc1NC(=O)CSc1nnc(-c2ccccc2)n1-c1ccc(F)cc1F. The van der Waals surface area contributed by atoms with Gasteiger partial charge in [-0.2, -0.15) is 5.26 Å². The fraction of sp³-hybridized carbons (Fsp3) is 0.0435. The number of hydrogen-bond donors (Lipinski definition) is 1. The molecule has 1 amide bonds. The molecule has 0 radical (unpaired) electrons. The lowest BCUT2D eigenvalue weighted by Gasteiger charge is -2.12. The fourth-order valence-electron chi connectivity index (χ4n) is 3.05. The van der Waals surface area contributed by atoms with Crippen molar-refractivity contribution in [2.24, 2.45) is 0 Å². The molecular weight excluding hydrogens is 468 g/mol. The van der Waals surface area contributed by atoms with Crippen molar-refractivity contribution in [1.29, 1.82) is 5.26 Å². The number of carbonyl (C=O) groups excluding carboxylic acids is 1. The second-order valence-corrected chi connectivity index (χ2v) is 8.12. The molecule has 0 aliphatic heterocycles. The number of benzene rings is 3. The Hall–Kier alpha value is -3.74. The van der Waals surface area contributed by atoms with Crippen molar-refractivity contribution < 1.29 is 13.6 Å². The molecule has 164 valence electrons. The van der Waals surface area contributed by atoms with Gasteiger partial charge < -0.3 is 5.32 Å². The Morgan fingerprint density at radius 2 is 1.88 bits per heavy atom. The number of hydrogen-bond acceptors (Lipinski definition) is 5. The van der Waals surface area contributed by atoms with Crippen LogP contribution in [-0.4, -0.2) is 26.4 Å². The maximum atomic E-state index is 14.6. The monoisotopic (exact) mass is 481 g/mol. The van der Waals surface area contributed by atoms with E-state index in [0.29, 0.717) is 16.4 Å². The minimum atomic E-state index is -0.795. The Kier molecular flexibility index (Phi) is 6.68. The zero-order chi connectivity index (χ0) is 23.4. The maximum Gasteiger partial charge on any atom is 0.234 e. The molecule has 33 heavy (non-hydrogen) atoms. The van der Waals surface area contributed by atoms with Crippen molar-refractivity contribution in [2.45, 2.75) is 5.16 Å². The van der Waals surface area contributed by atoms with Crippen LogP contribution in [0.25, 0.3) is 17.1 Å². The van der Waals surface area contributed by atoms with E-state index in [1.165, 1.54) is 22.8 Å². The van der Waals surface area contributed by atoms with Crippen LogP contribution in [0.4, 0.5) is 14.5 Å². The standard InChI is InChI=1S/C23H14ClF2N5OS/c24-16-7-6-15(12-27)19(10-16)28-21(32)13-33-23-30-29-22(14-4-2-1-3-5-14)31(23)20-9-8-17(25)11-18(20)26/h1-11H,13H2,(H,28,32). The summed E-state index contributed by atoms with van der Waals surface area (Å²) in [6.07, 6.45) is 0. The third-order valence-electron chi connectivity index (χ3n) is 4.52. The molecule has 0 saturated carbocycles. The molecule has 0 atom stereocenters. The lowest BCUT2D eigenvalue weighted by atomic mass is 10.2. The number of carbonyl (C=O) groups is 1. The number of thioether (sulfide) groups is 1. The summed E-state index contributed by atoms with van der Waals surface area (Å²) in [6.45, 7) is 0. The number of anilines is 1. The minimum Gasteiger partial charge on any atom is -0.324 e. The van der Waals surface area contributed by atoms with Gasteiger partial charge in [0.1, 0.15) is 17.7 Å². The smallest absolute Gasteiger partial charge is 0.234 e. The maximum absolute atomic E-state index is 14.6. The van der Waals surface area contributed by atoms with Crippen molar-refractivity contribution in [1.82, 2.24) is 14.8 Å². The molecule has 1 N–H and O–H groups in total. The van der Waals surface area contributed by atoms with Crippen LogP contribution in [-0.2, 0) is 4.79 Å². The Labute approximate surface area is 196 Å².